The Hall–Kier alpha value is -2.14. The van der Waals surface area contributed by atoms with Gasteiger partial charge in [0.25, 0.3) is 0 Å². The van der Waals surface area contributed by atoms with Crippen molar-refractivity contribution in [1.82, 2.24) is 14.6 Å². The van der Waals surface area contributed by atoms with Gasteiger partial charge >= 0.3 is 0 Å². The fourth-order valence-corrected chi connectivity index (χ4v) is 2.19. The molecule has 2 heterocycles. The maximum atomic E-state index is 13.2. The van der Waals surface area contributed by atoms with Gasteiger partial charge in [0.05, 0.1) is 5.02 Å². The third kappa shape index (κ3) is 2.02. The lowest BCUT2D eigenvalue weighted by molar-refractivity contribution is 0.628. The van der Waals surface area contributed by atoms with Gasteiger partial charge in [-0.1, -0.05) is 17.7 Å². The monoisotopic (exact) mass is 276 g/mol. The van der Waals surface area contributed by atoms with Crippen LogP contribution in [0, 0.1) is 12.7 Å². The highest BCUT2D eigenvalue weighted by Crippen LogP contribution is 2.27. The Bertz CT molecular complexity index is 782. The molecule has 0 aliphatic heterocycles. The minimum atomic E-state index is -0.436. The van der Waals surface area contributed by atoms with Crippen molar-refractivity contribution in [2.24, 2.45) is 0 Å². The number of halogens is 2. The molecule has 0 spiro atoms. The molecule has 0 amide bonds. The van der Waals surface area contributed by atoms with Gasteiger partial charge in [-0.05, 0) is 36.2 Å². The summed E-state index contributed by atoms with van der Waals surface area (Å²) in [7, 11) is 0. The number of fused-ring (bicyclic) bond motifs is 1. The Kier molecular flexibility index (Phi) is 2.64. The van der Waals surface area contributed by atoms with Gasteiger partial charge in [0.15, 0.2) is 5.65 Å². The summed E-state index contributed by atoms with van der Waals surface area (Å²) in [6.45, 7) is 1.94. The molecule has 3 aromatic rings. The van der Waals surface area contributed by atoms with Gasteiger partial charge in [-0.2, -0.15) is 4.98 Å². The van der Waals surface area contributed by atoms with Crippen LogP contribution in [-0.2, 0) is 0 Å². The molecule has 6 heteroatoms. The second-order valence-corrected chi connectivity index (χ2v) is 4.68. The second-order valence-electron chi connectivity index (χ2n) is 4.27. The Balaban J connectivity index is 2.23. The summed E-state index contributed by atoms with van der Waals surface area (Å²) >= 11 is 5.81. The normalized spacial score (nSPS) is 11.1. The molecule has 0 saturated heterocycles. The van der Waals surface area contributed by atoms with E-state index in [1.165, 1.54) is 6.07 Å². The summed E-state index contributed by atoms with van der Waals surface area (Å²) in [5.74, 6) is -0.220. The average molecular weight is 277 g/mol. The fraction of sp³-hybridized carbons (Fsp3) is 0.0769. The van der Waals surface area contributed by atoms with Gasteiger partial charge in [-0.3, -0.25) is 0 Å². The van der Waals surface area contributed by atoms with Crippen LogP contribution in [0.1, 0.15) is 5.56 Å². The van der Waals surface area contributed by atoms with Gasteiger partial charge in [-0.25, -0.2) is 8.91 Å². The fourth-order valence-electron chi connectivity index (χ4n) is 2.01. The van der Waals surface area contributed by atoms with Gasteiger partial charge in [0.1, 0.15) is 5.82 Å². The van der Waals surface area contributed by atoms with Crippen LogP contribution in [0.25, 0.3) is 16.8 Å². The zero-order chi connectivity index (χ0) is 13.6. The molecule has 0 fully saturated rings. The molecule has 0 unspecified atom stereocenters. The van der Waals surface area contributed by atoms with E-state index in [0.717, 1.165) is 16.7 Å². The van der Waals surface area contributed by atoms with Crippen molar-refractivity contribution < 1.29 is 4.39 Å². The molecule has 0 aliphatic rings. The van der Waals surface area contributed by atoms with Crippen LogP contribution in [0.5, 0.6) is 0 Å². The van der Waals surface area contributed by atoms with Crippen molar-refractivity contribution in [3.8, 4) is 11.1 Å². The van der Waals surface area contributed by atoms with E-state index in [4.69, 9.17) is 17.3 Å². The van der Waals surface area contributed by atoms with Crippen LogP contribution in [0.4, 0.5) is 10.3 Å². The molecule has 0 atom stereocenters. The van der Waals surface area contributed by atoms with Gasteiger partial charge in [0.2, 0.25) is 5.95 Å². The maximum absolute atomic E-state index is 13.2. The smallest absolute Gasteiger partial charge is 0.240 e. The molecule has 0 saturated carbocycles. The minimum Gasteiger partial charge on any atom is -0.366 e. The van der Waals surface area contributed by atoms with E-state index in [0.29, 0.717) is 5.65 Å². The topological polar surface area (TPSA) is 56.2 Å². The number of benzene rings is 1. The Morgan fingerprint density at radius 1 is 1.32 bits per heavy atom. The minimum absolute atomic E-state index is 0.0927. The third-order valence-corrected chi connectivity index (χ3v) is 3.22. The highest BCUT2D eigenvalue weighted by atomic mass is 35.5. The number of hydrogen-bond acceptors (Lipinski definition) is 3. The lowest BCUT2D eigenvalue weighted by atomic mass is 10.0. The van der Waals surface area contributed by atoms with Crippen molar-refractivity contribution >= 4 is 23.2 Å². The molecule has 96 valence electrons. The van der Waals surface area contributed by atoms with Gasteiger partial charge < -0.3 is 5.73 Å². The molecule has 0 bridgehead atoms. The summed E-state index contributed by atoms with van der Waals surface area (Å²) in [5, 5.41) is 4.15. The van der Waals surface area contributed by atoms with Crippen LogP contribution in [-0.4, -0.2) is 14.6 Å². The van der Waals surface area contributed by atoms with Crippen molar-refractivity contribution in [2.75, 3.05) is 5.73 Å². The van der Waals surface area contributed by atoms with E-state index in [-0.39, 0.29) is 11.0 Å². The molecule has 19 heavy (non-hydrogen) atoms. The zero-order valence-electron chi connectivity index (χ0n) is 10.1. The zero-order valence-corrected chi connectivity index (χ0v) is 10.8. The predicted octanol–water partition coefficient (Wildman–Crippen LogP) is 3.08. The van der Waals surface area contributed by atoms with Crippen molar-refractivity contribution in [1.29, 1.82) is 0 Å². The first-order valence-corrected chi connectivity index (χ1v) is 6.00. The van der Waals surface area contributed by atoms with Crippen molar-refractivity contribution in [2.45, 2.75) is 6.92 Å². The summed E-state index contributed by atoms with van der Waals surface area (Å²) in [5.41, 5.74) is 8.94. The number of aromatic nitrogens is 3. The number of nitrogens with zero attached hydrogens (tertiary/aromatic N) is 3. The number of rotatable bonds is 1. The third-order valence-electron chi connectivity index (χ3n) is 2.93. The maximum Gasteiger partial charge on any atom is 0.240 e. The number of aryl methyl sites for hydroxylation is 1. The first-order chi connectivity index (χ1) is 9.04. The van der Waals surface area contributed by atoms with E-state index in [9.17, 15) is 4.39 Å². The quantitative estimate of drug-likeness (QED) is 0.743. The molecule has 1 aromatic carbocycles. The first kappa shape index (κ1) is 11.9. The second kappa shape index (κ2) is 4.20. The lowest BCUT2D eigenvalue weighted by Crippen LogP contribution is -1.93. The molecule has 0 aliphatic carbocycles. The Morgan fingerprint density at radius 3 is 2.84 bits per heavy atom. The number of hydrogen-bond donors (Lipinski definition) is 1. The van der Waals surface area contributed by atoms with Crippen LogP contribution in [0.15, 0.2) is 30.5 Å². The van der Waals surface area contributed by atoms with Gasteiger partial charge in [0, 0.05) is 11.8 Å². The summed E-state index contributed by atoms with van der Waals surface area (Å²) in [6, 6.07) is 6.48. The number of anilines is 1. The van der Waals surface area contributed by atoms with E-state index < -0.39 is 5.82 Å². The van der Waals surface area contributed by atoms with E-state index >= 15 is 0 Å². The van der Waals surface area contributed by atoms with Crippen molar-refractivity contribution in [3.63, 3.8) is 0 Å². The summed E-state index contributed by atoms with van der Waals surface area (Å²) in [4.78, 5) is 4.08. The molecule has 3 rings (SSSR count). The first-order valence-electron chi connectivity index (χ1n) is 5.62. The highest BCUT2D eigenvalue weighted by Gasteiger charge is 2.09. The lowest BCUT2D eigenvalue weighted by Gasteiger charge is -2.07. The largest absolute Gasteiger partial charge is 0.366 e. The number of pyridine rings is 1. The SMILES string of the molecule is Cc1cc2nc(N)nn2cc1-c1ccc(F)c(Cl)c1. The highest BCUT2D eigenvalue weighted by molar-refractivity contribution is 6.31. The molecule has 2 N–H and O–H groups in total. The van der Waals surface area contributed by atoms with E-state index in [1.54, 1.807) is 22.8 Å². The number of nitrogens with two attached hydrogens (primary N) is 1. The predicted molar refractivity (Wildman–Crippen MR) is 72.5 cm³/mol. The Morgan fingerprint density at radius 2 is 2.11 bits per heavy atom. The van der Waals surface area contributed by atoms with Crippen molar-refractivity contribution in [3.05, 3.63) is 46.9 Å². The standard InChI is InChI=1S/C13H10ClFN4/c1-7-4-12-17-13(16)18-19(12)6-9(7)8-2-3-11(15)10(14)5-8/h2-6H,1H3,(H2,16,18). The molecule has 4 nitrogen and oxygen atoms in total. The van der Waals surface area contributed by atoms with Crippen LogP contribution < -0.4 is 5.73 Å². The van der Waals surface area contributed by atoms with Gasteiger partial charge in [-0.15, -0.1) is 5.10 Å². The number of nitrogen functional groups attached to an aromatic ring is 1. The summed E-state index contributed by atoms with van der Waals surface area (Å²) < 4.78 is 14.8. The van der Waals surface area contributed by atoms with E-state index in [2.05, 4.69) is 10.1 Å². The summed E-state index contributed by atoms with van der Waals surface area (Å²) in [6.07, 6.45) is 1.80. The average Bonchev–Trinajstić information content (AvgIpc) is 2.71. The molecule has 2 aromatic heterocycles. The van der Waals surface area contributed by atoms with Crippen LogP contribution >= 0.6 is 11.6 Å². The van der Waals surface area contributed by atoms with Crippen LogP contribution in [0.3, 0.4) is 0 Å². The van der Waals surface area contributed by atoms with Crippen LogP contribution in [0.2, 0.25) is 5.02 Å². The Labute approximate surface area is 113 Å². The molecule has 0 radical (unpaired) electrons. The molecular formula is C13H10ClFN4. The van der Waals surface area contributed by atoms with E-state index in [1.807, 2.05) is 13.0 Å². The molecular weight excluding hydrogens is 267 g/mol.